The summed E-state index contributed by atoms with van der Waals surface area (Å²) in [4.78, 5) is 24.3. The van der Waals surface area contributed by atoms with Crippen molar-refractivity contribution in [2.45, 2.75) is 13.3 Å². The zero-order valence-electron chi connectivity index (χ0n) is 11.9. The Morgan fingerprint density at radius 1 is 1.09 bits per heavy atom. The zero-order valence-corrected chi connectivity index (χ0v) is 12.7. The molecule has 0 fully saturated rings. The maximum Gasteiger partial charge on any atom is 0.256 e. The van der Waals surface area contributed by atoms with Crippen LogP contribution in [0.2, 0.25) is 0 Å². The summed E-state index contributed by atoms with van der Waals surface area (Å²) in [5, 5.41) is -0.264. The molecule has 0 saturated heterocycles. The molecule has 0 aliphatic heterocycles. The lowest BCUT2D eigenvalue weighted by atomic mass is 10.0. The van der Waals surface area contributed by atoms with Crippen LogP contribution in [0.5, 0.6) is 0 Å². The van der Waals surface area contributed by atoms with Gasteiger partial charge in [-0.3, -0.25) is 9.59 Å². The van der Waals surface area contributed by atoms with Crippen LogP contribution in [-0.2, 0) is 6.42 Å². The number of benzene rings is 2. The largest absolute Gasteiger partial charge is 0.455 e. The molecule has 0 aliphatic rings. The Hall–Kier alpha value is -2.39. The van der Waals surface area contributed by atoms with E-state index in [0.717, 1.165) is 5.56 Å². The smallest absolute Gasteiger partial charge is 0.256 e. The summed E-state index contributed by atoms with van der Waals surface area (Å²) in [6, 6.07) is 14.2. The molecule has 0 saturated carbocycles. The minimum atomic E-state index is -0.642. The number of fused-ring (bicyclic) bond motifs is 1. The molecule has 1 heterocycles. The van der Waals surface area contributed by atoms with E-state index in [0.29, 0.717) is 23.1 Å². The summed E-state index contributed by atoms with van der Waals surface area (Å²) in [5.41, 5.74) is 1.72. The molecule has 3 nitrogen and oxygen atoms in total. The molecule has 0 spiro atoms. The van der Waals surface area contributed by atoms with Gasteiger partial charge in [0, 0.05) is 11.1 Å². The van der Waals surface area contributed by atoms with E-state index in [4.69, 9.17) is 16.0 Å². The van der Waals surface area contributed by atoms with Gasteiger partial charge in [-0.05, 0) is 30.2 Å². The van der Waals surface area contributed by atoms with E-state index in [1.54, 1.807) is 18.2 Å². The Labute approximate surface area is 132 Å². The van der Waals surface area contributed by atoms with Crippen LogP contribution >= 0.6 is 11.6 Å². The van der Waals surface area contributed by atoms with Crippen molar-refractivity contribution in [1.29, 1.82) is 0 Å². The van der Waals surface area contributed by atoms with Crippen LogP contribution in [0.15, 0.2) is 57.7 Å². The lowest BCUT2D eigenvalue weighted by Gasteiger charge is -2.10. The second-order valence-electron chi connectivity index (χ2n) is 4.91. The van der Waals surface area contributed by atoms with Gasteiger partial charge in [0.15, 0.2) is 11.0 Å². The molecule has 0 unspecified atom stereocenters. The van der Waals surface area contributed by atoms with Crippen LogP contribution in [0.25, 0.3) is 22.3 Å². The van der Waals surface area contributed by atoms with E-state index >= 15 is 0 Å². The van der Waals surface area contributed by atoms with Crippen LogP contribution in [-0.4, -0.2) is 5.24 Å². The van der Waals surface area contributed by atoms with E-state index in [1.807, 2.05) is 37.3 Å². The maximum absolute atomic E-state index is 12.7. The molecular weight excluding hydrogens is 300 g/mol. The number of halogens is 1. The van der Waals surface area contributed by atoms with Gasteiger partial charge < -0.3 is 4.42 Å². The minimum Gasteiger partial charge on any atom is -0.455 e. The highest BCUT2D eigenvalue weighted by molar-refractivity contribution is 6.68. The summed E-state index contributed by atoms with van der Waals surface area (Å²) in [5.74, 6) is 0.492. The molecule has 0 bridgehead atoms. The van der Waals surface area contributed by atoms with Crippen molar-refractivity contribution in [3.8, 4) is 11.3 Å². The molecule has 0 amide bonds. The van der Waals surface area contributed by atoms with Gasteiger partial charge >= 0.3 is 0 Å². The molecule has 3 rings (SSSR count). The third-order valence-corrected chi connectivity index (χ3v) is 3.82. The molecule has 110 valence electrons. The van der Waals surface area contributed by atoms with Crippen LogP contribution in [0, 0.1) is 0 Å². The molecule has 0 aliphatic carbocycles. The monoisotopic (exact) mass is 312 g/mol. The fraction of sp³-hybridized carbons (Fsp3) is 0.111. The Morgan fingerprint density at radius 2 is 1.82 bits per heavy atom. The predicted molar refractivity (Wildman–Crippen MR) is 87.5 cm³/mol. The standard InChI is InChI=1S/C18H13ClO3/c1-2-12-15(20)13-9-6-10-14(18(19)21)17(13)22-16(12)11-7-4-3-5-8-11/h3-10H,2H2,1H3. The van der Waals surface area contributed by atoms with Gasteiger partial charge in [-0.2, -0.15) is 0 Å². The quantitative estimate of drug-likeness (QED) is 0.673. The summed E-state index contributed by atoms with van der Waals surface area (Å²) in [6.07, 6.45) is 0.543. The van der Waals surface area contributed by atoms with Crippen molar-refractivity contribution in [3.05, 3.63) is 69.9 Å². The fourth-order valence-electron chi connectivity index (χ4n) is 2.55. The third-order valence-electron chi connectivity index (χ3n) is 3.61. The van der Waals surface area contributed by atoms with Gasteiger partial charge in [0.25, 0.3) is 5.24 Å². The molecule has 4 heteroatoms. The molecule has 0 atom stereocenters. The van der Waals surface area contributed by atoms with Gasteiger partial charge in [-0.1, -0.05) is 43.3 Å². The van der Waals surface area contributed by atoms with E-state index < -0.39 is 5.24 Å². The summed E-state index contributed by atoms with van der Waals surface area (Å²) in [7, 11) is 0. The Bertz CT molecular complexity index is 911. The zero-order chi connectivity index (χ0) is 15.7. The van der Waals surface area contributed by atoms with Gasteiger partial charge in [-0.25, -0.2) is 0 Å². The van der Waals surface area contributed by atoms with Crippen molar-refractivity contribution >= 4 is 27.8 Å². The minimum absolute atomic E-state index is 0.123. The van der Waals surface area contributed by atoms with Gasteiger partial charge in [-0.15, -0.1) is 0 Å². The Balaban J connectivity index is 2.45. The fourth-order valence-corrected chi connectivity index (χ4v) is 2.70. The average molecular weight is 313 g/mol. The second-order valence-corrected chi connectivity index (χ2v) is 5.26. The van der Waals surface area contributed by atoms with Crippen molar-refractivity contribution in [2.24, 2.45) is 0 Å². The predicted octanol–water partition coefficient (Wildman–Crippen LogP) is 4.40. The third kappa shape index (κ3) is 2.34. The van der Waals surface area contributed by atoms with Gasteiger partial charge in [0.1, 0.15) is 5.76 Å². The molecule has 1 aromatic heterocycles. The van der Waals surface area contributed by atoms with Crippen LogP contribution in [0.1, 0.15) is 22.8 Å². The lowest BCUT2D eigenvalue weighted by molar-refractivity contribution is 0.108. The maximum atomic E-state index is 12.7. The number of para-hydroxylation sites is 1. The van der Waals surface area contributed by atoms with Crippen molar-refractivity contribution < 1.29 is 9.21 Å². The van der Waals surface area contributed by atoms with E-state index in [-0.39, 0.29) is 16.6 Å². The summed E-state index contributed by atoms with van der Waals surface area (Å²) < 4.78 is 5.94. The number of hydrogen-bond donors (Lipinski definition) is 0. The van der Waals surface area contributed by atoms with Crippen LogP contribution < -0.4 is 5.43 Å². The van der Waals surface area contributed by atoms with E-state index in [2.05, 4.69) is 0 Å². The number of rotatable bonds is 3. The van der Waals surface area contributed by atoms with Gasteiger partial charge in [0.2, 0.25) is 0 Å². The van der Waals surface area contributed by atoms with Gasteiger partial charge in [0.05, 0.1) is 10.9 Å². The number of carbonyl (C=O) groups is 1. The molecule has 0 radical (unpaired) electrons. The molecule has 0 N–H and O–H groups in total. The molecule has 22 heavy (non-hydrogen) atoms. The number of carbonyl (C=O) groups excluding carboxylic acids is 1. The normalized spacial score (nSPS) is 10.8. The van der Waals surface area contributed by atoms with E-state index in [9.17, 15) is 9.59 Å². The average Bonchev–Trinajstić information content (AvgIpc) is 2.55. The molecule has 2 aromatic carbocycles. The first-order valence-corrected chi connectivity index (χ1v) is 7.35. The van der Waals surface area contributed by atoms with Crippen molar-refractivity contribution in [1.82, 2.24) is 0 Å². The highest BCUT2D eigenvalue weighted by Gasteiger charge is 2.18. The van der Waals surface area contributed by atoms with Crippen LogP contribution in [0.4, 0.5) is 0 Å². The van der Waals surface area contributed by atoms with Crippen molar-refractivity contribution in [2.75, 3.05) is 0 Å². The highest BCUT2D eigenvalue weighted by atomic mass is 35.5. The highest BCUT2D eigenvalue weighted by Crippen LogP contribution is 2.28. The van der Waals surface area contributed by atoms with E-state index in [1.165, 1.54) is 0 Å². The Kier molecular flexibility index (Phi) is 3.82. The summed E-state index contributed by atoms with van der Waals surface area (Å²) in [6.45, 7) is 1.90. The number of hydrogen-bond acceptors (Lipinski definition) is 3. The first-order chi connectivity index (χ1) is 10.6. The van der Waals surface area contributed by atoms with Crippen molar-refractivity contribution in [3.63, 3.8) is 0 Å². The first-order valence-electron chi connectivity index (χ1n) is 6.97. The second kappa shape index (κ2) is 5.78. The summed E-state index contributed by atoms with van der Waals surface area (Å²) >= 11 is 5.61. The first kappa shape index (κ1) is 14.5. The Morgan fingerprint density at radius 3 is 2.45 bits per heavy atom. The lowest BCUT2D eigenvalue weighted by Crippen LogP contribution is -2.11. The topological polar surface area (TPSA) is 47.3 Å². The molecule has 3 aromatic rings. The molecular formula is C18H13ClO3. The van der Waals surface area contributed by atoms with Crippen LogP contribution in [0.3, 0.4) is 0 Å². The SMILES string of the molecule is CCc1c(-c2ccccc2)oc2c(C(=O)Cl)cccc2c1=O.